The molecule has 0 aliphatic heterocycles. The minimum Gasteiger partial charge on any atom is -0.452 e. The van der Waals surface area contributed by atoms with Gasteiger partial charge in [-0.05, 0) is 24.3 Å². The standard InChI is InChI=1S/C18H21N3O5/c1-11(22)19-13-7-5-12(6-8-13)17(24)25-10-15(23)20-16-9-14(21-26-16)18(2,3)4/h5-9H,10H2,1-4H3,(H,19,22)(H,20,23). The summed E-state index contributed by atoms with van der Waals surface area (Å²) in [4.78, 5) is 34.8. The molecule has 26 heavy (non-hydrogen) atoms. The number of ether oxygens (including phenoxy) is 1. The maximum absolute atomic E-state index is 11.9. The van der Waals surface area contributed by atoms with Gasteiger partial charge < -0.3 is 14.6 Å². The van der Waals surface area contributed by atoms with Crippen LogP contribution in [0.3, 0.4) is 0 Å². The van der Waals surface area contributed by atoms with Crippen molar-refractivity contribution in [1.82, 2.24) is 5.16 Å². The van der Waals surface area contributed by atoms with Crippen molar-refractivity contribution in [3.05, 3.63) is 41.6 Å². The number of carbonyl (C=O) groups excluding carboxylic acids is 3. The maximum Gasteiger partial charge on any atom is 0.338 e. The highest BCUT2D eigenvalue weighted by Gasteiger charge is 2.20. The predicted octanol–water partition coefficient (Wildman–Crippen LogP) is 2.73. The number of anilines is 2. The van der Waals surface area contributed by atoms with Crippen LogP contribution in [0.1, 0.15) is 43.7 Å². The summed E-state index contributed by atoms with van der Waals surface area (Å²) >= 11 is 0. The lowest BCUT2D eigenvalue weighted by Crippen LogP contribution is -2.20. The highest BCUT2D eigenvalue weighted by atomic mass is 16.5. The van der Waals surface area contributed by atoms with Crippen LogP contribution in [0.25, 0.3) is 0 Å². The zero-order valence-electron chi connectivity index (χ0n) is 15.1. The van der Waals surface area contributed by atoms with E-state index in [0.717, 1.165) is 0 Å². The minimum atomic E-state index is -0.650. The van der Waals surface area contributed by atoms with Gasteiger partial charge in [0.25, 0.3) is 5.91 Å². The van der Waals surface area contributed by atoms with Gasteiger partial charge >= 0.3 is 5.97 Å². The fourth-order valence-corrected chi connectivity index (χ4v) is 1.97. The van der Waals surface area contributed by atoms with E-state index in [1.165, 1.54) is 19.1 Å². The molecule has 0 radical (unpaired) electrons. The molecule has 0 saturated carbocycles. The Morgan fingerprint density at radius 3 is 2.31 bits per heavy atom. The molecule has 0 fully saturated rings. The zero-order chi connectivity index (χ0) is 19.3. The van der Waals surface area contributed by atoms with Crippen LogP contribution >= 0.6 is 0 Å². The molecule has 8 heteroatoms. The molecule has 0 atom stereocenters. The van der Waals surface area contributed by atoms with Crippen molar-refractivity contribution < 1.29 is 23.6 Å². The number of aromatic nitrogens is 1. The Morgan fingerprint density at radius 2 is 1.77 bits per heavy atom. The maximum atomic E-state index is 11.9. The molecule has 0 aliphatic carbocycles. The quantitative estimate of drug-likeness (QED) is 0.794. The first kappa shape index (κ1) is 19.2. The SMILES string of the molecule is CC(=O)Nc1ccc(C(=O)OCC(=O)Nc2cc(C(C)(C)C)no2)cc1. The fraction of sp³-hybridized carbons (Fsp3) is 0.333. The van der Waals surface area contributed by atoms with E-state index in [2.05, 4.69) is 15.8 Å². The van der Waals surface area contributed by atoms with Crippen LogP contribution in [0.2, 0.25) is 0 Å². The van der Waals surface area contributed by atoms with Gasteiger partial charge in [0, 0.05) is 24.1 Å². The smallest absolute Gasteiger partial charge is 0.338 e. The van der Waals surface area contributed by atoms with Gasteiger partial charge in [-0.1, -0.05) is 25.9 Å². The van der Waals surface area contributed by atoms with Gasteiger partial charge in [-0.15, -0.1) is 0 Å². The molecule has 0 bridgehead atoms. The third kappa shape index (κ3) is 5.44. The van der Waals surface area contributed by atoms with Gasteiger partial charge in [-0.2, -0.15) is 0 Å². The van der Waals surface area contributed by atoms with E-state index < -0.39 is 18.5 Å². The van der Waals surface area contributed by atoms with E-state index in [4.69, 9.17) is 9.26 Å². The summed E-state index contributed by atoms with van der Waals surface area (Å²) in [6.07, 6.45) is 0. The van der Waals surface area contributed by atoms with Crippen LogP contribution in [-0.4, -0.2) is 29.5 Å². The van der Waals surface area contributed by atoms with Crippen molar-refractivity contribution in [3.63, 3.8) is 0 Å². The lowest BCUT2D eigenvalue weighted by Gasteiger charge is -2.12. The van der Waals surface area contributed by atoms with Crippen molar-refractivity contribution in [2.45, 2.75) is 33.1 Å². The molecule has 2 amide bonds. The number of rotatable bonds is 5. The Hall–Kier alpha value is -3.16. The molecule has 138 valence electrons. The summed E-state index contributed by atoms with van der Waals surface area (Å²) in [6.45, 7) is 6.83. The van der Waals surface area contributed by atoms with Crippen LogP contribution in [-0.2, 0) is 19.7 Å². The summed E-state index contributed by atoms with van der Waals surface area (Å²) in [5.41, 5.74) is 1.32. The van der Waals surface area contributed by atoms with E-state index in [0.29, 0.717) is 11.4 Å². The van der Waals surface area contributed by atoms with E-state index in [9.17, 15) is 14.4 Å². The van der Waals surface area contributed by atoms with Crippen molar-refractivity contribution >= 4 is 29.4 Å². The number of nitrogens with zero attached hydrogens (tertiary/aromatic N) is 1. The van der Waals surface area contributed by atoms with Crippen LogP contribution in [0.4, 0.5) is 11.6 Å². The van der Waals surface area contributed by atoms with Crippen LogP contribution in [0.15, 0.2) is 34.9 Å². The minimum absolute atomic E-state index is 0.190. The lowest BCUT2D eigenvalue weighted by molar-refractivity contribution is -0.119. The first-order valence-electron chi connectivity index (χ1n) is 7.97. The second-order valence-corrected chi connectivity index (χ2v) is 6.71. The second-order valence-electron chi connectivity index (χ2n) is 6.71. The first-order chi connectivity index (χ1) is 12.1. The average molecular weight is 359 g/mol. The molecule has 0 aliphatic rings. The number of nitrogens with one attached hydrogen (secondary N) is 2. The third-order valence-electron chi connectivity index (χ3n) is 3.32. The Bertz CT molecular complexity index is 803. The number of esters is 1. The molecular weight excluding hydrogens is 338 g/mol. The van der Waals surface area contributed by atoms with Crippen LogP contribution in [0, 0.1) is 0 Å². The Balaban J connectivity index is 1.85. The summed E-state index contributed by atoms with van der Waals surface area (Å²) in [7, 11) is 0. The second kappa shape index (κ2) is 7.81. The summed E-state index contributed by atoms with van der Waals surface area (Å²) < 4.78 is 10.00. The van der Waals surface area contributed by atoms with Crippen molar-refractivity contribution in [2.24, 2.45) is 0 Å². The largest absolute Gasteiger partial charge is 0.452 e. The molecule has 0 unspecified atom stereocenters. The van der Waals surface area contributed by atoms with Gasteiger partial charge in [0.05, 0.1) is 11.3 Å². The number of hydrogen-bond donors (Lipinski definition) is 2. The zero-order valence-corrected chi connectivity index (χ0v) is 15.1. The van der Waals surface area contributed by atoms with Crippen LogP contribution in [0.5, 0.6) is 0 Å². The first-order valence-corrected chi connectivity index (χ1v) is 7.97. The number of benzene rings is 1. The van der Waals surface area contributed by atoms with Crippen LogP contribution < -0.4 is 10.6 Å². The molecule has 1 heterocycles. The van der Waals surface area contributed by atoms with E-state index in [1.54, 1.807) is 18.2 Å². The normalized spacial score (nSPS) is 10.9. The summed E-state index contributed by atoms with van der Waals surface area (Å²) in [5.74, 6) is -1.21. The molecular formula is C18H21N3O5. The molecule has 2 aromatic rings. The molecule has 0 spiro atoms. The lowest BCUT2D eigenvalue weighted by atomic mass is 9.92. The highest BCUT2D eigenvalue weighted by molar-refractivity contribution is 5.95. The average Bonchev–Trinajstić information content (AvgIpc) is 3.01. The van der Waals surface area contributed by atoms with Crippen molar-refractivity contribution in [2.75, 3.05) is 17.2 Å². The molecule has 0 saturated heterocycles. The number of hydrogen-bond acceptors (Lipinski definition) is 6. The Kier molecular flexibility index (Phi) is 5.76. The van der Waals surface area contributed by atoms with Gasteiger partial charge in [0.2, 0.25) is 11.8 Å². The van der Waals surface area contributed by atoms with Gasteiger partial charge in [-0.25, -0.2) is 4.79 Å². The van der Waals surface area contributed by atoms with Gasteiger partial charge in [0.1, 0.15) is 0 Å². The molecule has 8 nitrogen and oxygen atoms in total. The molecule has 2 N–H and O–H groups in total. The Labute approximate surface area is 150 Å². The van der Waals surface area contributed by atoms with Gasteiger partial charge in [-0.3, -0.25) is 14.9 Å². The monoisotopic (exact) mass is 359 g/mol. The summed E-state index contributed by atoms with van der Waals surface area (Å²) in [6, 6.07) is 7.76. The molecule has 1 aromatic heterocycles. The predicted molar refractivity (Wildman–Crippen MR) is 94.9 cm³/mol. The van der Waals surface area contributed by atoms with E-state index >= 15 is 0 Å². The van der Waals surface area contributed by atoms with Crippen molar-refractivity contribution in [3.8, 4) is 0 Å². The third-order valence-corrected chi connectivity index (χ3v) is 3.32. The number of carbonyl (C=O) groups is 3. The Morgan fingerprint density at radius 1 is 1.12 bits per heavy atom. The highest BCUT2D eigenvalue weighted by Crippen LogP contribution is 2.23. The van der Waals surface area contributed by atoms with Gasteiger partial charge in [0.15, 0.2) is 6.61 Å². The molecule has 2 rings (SSSR count). The fourth-order valence-electron chi connectivity index (χ4n) is 1.97. The summed E-state index contributed by atoms with van der Waals surface area (Å²) in [5, 5.41) is 8.95. The van der Waals surface area contributed by atoms with E-state index in [-0.39, 0.29) is 22.8 Å². The van der Waals surface area contributed by atoms with Crippen molar-refractivity contribution in [1.29, 1.82) is 0 Å². The molecule has 1 aromatic carbocycles. The topological polar surface area (TPSA) is 111 Å². The van der Waals surface area contributed by atoms with E-state index in [1.807, 2.05) is 20.8 Å². The number of amides is 2.